The summed E-state index contributed by atoms with van der Waals surface area (Å²) in [5.74, 6) is 0.133. The number of nitrogens with zero attached hydrogens (tertiary/aromatic N) is 4. The van der Waals surface area contributed by atoms with Crippen LogP contribution in [-0.2, 0) is 22.7 Å². The zero-order valence-electron chi connectivity index (χ0n) is 20.0. The van der Waals surface area contributed by atoms with E-state index in [2.05, 4.69) is 34.1 Å². The molecule has 2 atom stereocenters. The summed E-state index contributed by atoms with van der Waals surface area (Å²) in [4.78, 5) is 36.8. The predicted octanol–water partition coefficient (Wildman–Crippen LogP) is 3.68. The minimum Gasteiger partial charge on any atom is -0.311 e. The molecule has 0 bridgehead atoms. The summed E-state index contributed by atoms with van der Waals surface area (Å²) in [7, 11) is 0. The number of carbonyl (C=O) groups is 2. The van der Waals surface area contributed by atoms with Gasteiger partial charge in [0.05, 0.1) is 0 Å². The van der Waals surface area contributed by atoms with E-state index >= 15 is 0 Å². The van der Waals surface area contributed by atoms with E-state index in [1.165, 1.54) is 12.8 Å². The number of piperidine rings is 2. The van der Waals surface area contributed by atoms with Crippen LogP contribution in [0, 0.1) is 0 Å². The van der Waals surface area contributed by atoms with Crippen molar-refractivity contribution in [3.05, 3.63) is 71.8 Å². The summed E-state index contributed by atoms with van der Waals surface area (Å²) in [5.41, 5.74) is 2.14. The molecule has 2 aromatic rings. The monoisotopic (exact) mass is 460 g/mol. The standard InChI is InChI=1S/C28H36N4O2/c33-27-26(30-19-11-4-12-20-30)32(22-24-15-7-2-8-16-24)28(34)25(29-17-9-3-10-18-29)31(27)21-23-13-5-1-6-14-23/h1-2,5-8,13-16,25-26H,3-4,9-12,17-22H2/t25-,26-/m0/s1. The molecule has 0 radical (unpaired) electrons. The molecule has 0 saturated carbocycles. The van der Waals surface area contributed by atoms with Crippen molar-refractivity contribution in [1.82, 2.24) is 19.6 Å². The van der Waals surface area contributed by atoms with Crippen LogP contribution in [0.4, 0.5) is 0 Å². The maximum absolute atomic E-state index is 14.3. The SMILES string of the molecule is O=C1[C@@H](N2CCCCC2)N(Cc2ccccc2)C(=O)[C@@H](N2CCCCC2)N1Cc1ccccc1. The molecule has 2 aromatic carbocycles. The van der Waals surface area contributed by atoms with Gasteiger partial charge in [-0.3, -0.25) is 19.4 Å². The summed E-state index contributed by atoms with van der Waals surface area (Å²) in [6, 6.07) is 20.2. The maximum atomic E-state index is 14.3. The molecule has 0 spiro atoms. The van der Waals surface area contributed by atoms with Crippen LogP contribution in [0.25, 0.3) is 0 Å². The highest BCUT2D eigenvalue weighted by molar-refractivity contribution is 5.96. The van der Waals surface area contributed by atoms with Crippen molar-refractivity contribution in [1.29, 1.82) is 0 Å². The number of benzene rings is 2. The second-order valence-electron chi connectivity index (χ2n) is 9.84. The zero-order valence-corrected chi connectivity index (χ0v) is 20.0. The Labute approximate surface area is 203 Å². The third-order valence-corrected chi connectivity index (χ3v) is 7.46. The Bertz CT molecular complexity index is 875. The fourth-order valence-electron chi connectivity index (χ4n) is 5.73. The second kappa shape index (κ2) is 10.7. The molecule has 3 saturated heterocycles. The van der Waals surface area contributed by atoms with Crippen LogP contribution < -0.4 is 0 Å². The van der Waals surface area contributed by atoms with E-state index in [9.17, 15) is 9.59 Å². The molecule has 2 amide bonds. The van der Waals surface area contributed by atoms with Gasteiger partial charge in [0, 0.05) is 39.3 Å². The van der Waals surface area contributed by atoms with E-state index in [0.717, 1.165) is 63.0 Å². The Kier molecular flexibility index (Phi) is 7.26. The first-order chi connectivity index (χ1) is 16.7. The van der Waals surface area contributed by atoms with E-state index in [1.807, 2.05) is 46.2 Å². The maximum Gasteiger partial charge on any atom is 0.262 e. The molecule has 0 unspecified atom stereocenters. The van der Waals surface area contributed by atoms with Crippen LogP contribution in [0.3, 0.4) is 0 Å². The van der Waals surface area contributed by atoms with E-state index in [-0.39, 0.29) is 11.8 Å². The number of rotatable bonds is 6. The molecule has 3 heterocycles. The van der Waals surface area contributed by atoms with Gasteiger partial charge in [-0.2, -0.15) is 0 Å². The number of piperazine rings is 1. The van der Waals surface area contributed by atoms with Gasteiger partial charge in [-0.1, -0.05) is 73.5 Å². The lowest BCUT2D eigenvalue weighted by molar-refractivity contribution is -0.182. The van der Waals surface area contributed by atoms with Crippen molar-refractivity contribution in [2.75, 3.05) is 26.2 Å². The van der Waals surface area contributed by atoms with Crippen molar-refractivity contribution >= 4 is 11.8 Å². The molecule has 3 aliphatic rings. The molecule has 5 rings (SSSR count). The topological polar surface area (TPSA) is 47.1 Å². The van der Waals surface area contributed by atoms with Crippen LogP contribution in [0.15, 0.2) is 60.7 Å². The fourth-order valence-corrected chi connectivity index (χ4v) is 5.73. The first-order valence-electron chi connectivity index (χ1n) is 12.9. The molecule has 3 aliphatic heterocycles. The Balaban J connectivity index is 1.52. The van der Waals surface area contributed by atoms with Gasteiger partial charge in [0.25, 0.3) is 11.8 Å². The highest BCUT2D eigenvalue weighted by Crippen LogP contribution is 2.30. The highest BCUT2D eigenvalue weighted by atomic mass is 16.2. The van der Waals surface area contributed by atoms with Crippen LogP contribution in [-0.4, -0.2) is 69.9 Å². The number of amides is 2. The third-order valence-electron chi connectivity index (χ3n) is 7.46. The van der Waals surface area contributed by atoms with Gasteiger partial charge in [-0.25, -0.2) is 0 Å². The Hall–Kier alpha value is -2.70. The molecular weight excluding hydrogens is 424 g/mol. The average molecular weight is 461 g/mol. The smallest absolute Gasteiger partial charge is 0.262 e. The molecule has 0 aromatic heterocycles. The Morgan fingerprint density at radius 2 is 0.882 bits per heavy atom. The van der Waals surface area contributed by atoms with Crippen LogP contribution >= 0.6 is 0 Å². The summed E-state index contributed by atoms with van der Waals surface area (Å²) >= 11 is 0. The Morgan fingerprint density at radius 1 is 0.529 bits per heavy atom. The van der Waals surface area contributed by atoms with Gasteiger partial charge in [0.2, 0.25) is 0 Å². The van der Waals surface area contributed by atoms with Gasteiger partial charge in [-0.05, 0) is 36.8 Å². The molecule has 34 heavy (non-hydrogen) atoms. The van der Waals surface area contributed by atoms with E-state index < -0.39 is 12.3 Å². The van der Waals surface area contributed by atoms with Crippen molar-refractivity contribution in [3.8, 4) is 0 Å². The van der Waals surface area contributed by atoms with Gasteiger partial charge in [0.1, 0.15) is 0 Å². The van der Waals surface area contributed by atoms with E-state index in [4.69, 9.17) is 0 Å². The second-order valence-corrected chi connectivity index (χ2v) is 9.84. The quantitative estimate of drug-likeness (QED) is 0.660. The first kappa shape index (κ1) is 23.1. The fraction of sp³-hybridized carbons (Fsp3) is 0.500. The summed E-state index contributed by atoms with van der Waals surface area (Å²) < 4.78 is 0. The highest BCUT2D eigenvalue weighted by Gasteiger charge is 2.50. The lowest BCUT2D eigenvalue weighted by Gasteiger charge is -2.52. The summed E-state index contributed by atoms with van der Waals surface area (Å²) in [6.07, 6.45) is 5.62. The van der Waals surface area contributed by atoms with Gasteiger partial charge in [-0.15, -0.1) is 0 Å². The molecule has 3 fully saturated rings. The number of carbonyl (C=O) groups excluding carboxylic acids is 2. The van der Waals surface area contributed by atoms with Gasteiger partial charge in [0.15, 0.2) is 12.3 Å². The Morgan fingerprint density at radius 3 is 1.24 bits per heavy atom. The molecule has 6 nitrogen and oxygen atoms in total. The van der Waals surface area contributed by atoms with E-state index in [0.29, 0.717) is 13.1 Å². The van der Waals surface area contributed by atoms with Crippen molar-refractivity contribution in [2.45, 2.75) is 63.9 Å². The first-order valence-corrected chi connectivity index (χ1v) is 12.9. The van der Waals surface area contributed by atoms with Crippen LogP contribution in [0.1, 0.15) is 49.7 Å². The van der Waals surface area contributed by atoms with Gasteiger partial charge < -0.3 is 9.80 Å². The lowest BCUT2D eigenvalue weighted by Crippen LogP contribution is -2.72. The van der Waals surface area contributed by atoms with Gasteiger partial charge >= 0.3 is 0 Å². The average Bonchev–Trinajstić information content (AvgIpc) is 2.89. The zero-order chi connectivity index (χ0) is 23.3. The van der Waals surface area contributed by atoms with Crippen molar-refractivity contribution < 1.29 is 9.59 Å². The van der Waals surface area contributed by atoms with Crippen molar-refractivity contribution in [3.63, 3.8) is 0 Å². The minimum absolute atomic E-state index is 0.0665. The van der Waals surface area contributed by atoms with Crippen LogP contribution in [0.5, 0.6) is 0 Å². The van der Waals surface area contributed by atoms with Crippen molar-refractivity contribution in [2.24, 2.45) is 0 Å². The summed E-state index contributed by atoms with van der Waals surface area (Å²) in [6.45, 7) is 4.39. The molecule has 6 heteroatoms. The van der Waals surface area contributed by atoms with Crippen LogP contribution in [0.2, 0.25) is 0 Å². The minimum atomic E-state index is -0.530. The third kappa shape index (κ3) is 4.89. The molecule has 0 N–H and O–H groups in total. The molecular formula is C28H36N4O2. The number of likely N-dealkylation sites (tertiary alicyclic amines) is 2. The molecule has 180 valence electrons. The number of hydrogen-bond donors (Lipinski definition) is 0. The normalized spacial score (nSPS) is 25.1. The predicted molar refractivity (Wildman–Crippen MR) is 132 cm³/mol. The lowest BCUT2D eigenvalue weighted by atomic mass is 10.0. The number of hydrogen-bond acceptors (Lipinski definition) is 4. The summed E-state index contributed by atoms with van der Waals surface area (Å²) in [5, 5.41) is 0. The largest absolute Gasteiger partial charge is 0.311 e. The molecule has 0 aliphatic carbocycles. The van der Waals surface area contributed by atoms with E-state index in [1.54, 1.807) is 0 Å².